The van der Waals surface area contributed by atoms with Gasteiger partial charge in [0.25, 0.3) is 5.91 Å². The van der Waals surface area contributed by atoms with Crippen LogP contribution in [0, 0.1) is 13.8 Å². The van der Waals surface area contributed by atoms with Crippen LogP contribution in [0.2, 0.25) is 0 Å². The SMILES string of the molecule is Cc1cc(Br)ccc1NC(=O)c1scnc1C. The Labute approximate surface area is 112 Å². The molecule has 0 saturated heterocycles. The van der Waals surface area contributed by atoms with Gasteiger partial charge in [-0.15, -0.1) is 11.3 Å². The van der Waals surface area contributed by atoms with Crippen molar-refractivity contribution in [1.29, 1.82) is 0 Å². The molecule has 1 heterocycles. The highest BCUT2D eigenvalue weighted by Crippen LogP contribution is 2.21. The molecule has 2 rings (SSSR count). The van der Waals surface area contributed by atoms with E-state index < -0.39 is 0 Å². The van der Waals surface area contributed by atoms with E-state index in [4.69, 9.17) is 0 Å². The molecular weight excluding hydrogens is 300 g/mol. The molecule has 1 N–H and O–H groups in total. The monoisotopic (exact) mass is 310 g/mol. The summed E-state index contributed by atoms with van der Waals surface area (Å²) >= 11 is 4.75. The van der Waals surface area contributed by atoms with Crippen molar-refractivity contribution in [1.82, 2.24) is 4.98 Å². The van der Waals surface area contributed by atoms with Crippen LogP contribution in [-0.2, 0) is 0 Å². The molecule has 88 valence electrons. The van der Waals surface area contributed by atoms with Gasteiger partial charge >= 0.3 is 0 Å². The number of anilines is 1. The smallest absolute Gasteiger partial charge is 0.267 e. The third kappa shape index (κ3) is 2.73. The van der Waals surface area contributed by atoms with Gasteiger partial charge in [0.15, 0.2) is 0 Å². The molecule has 2 aromatic rings. The number of nitrogens with one attached hydrogen (secondary N) is 1. The number of aryl methyl sites for hydroxylation is 2. The molecule has 5 heteroatoms. The molecule has 17 heavy (non-hydrogen) atoms. The first-order valence-corrected chi connectivity index (χ1v) is 6.73. The molecule has 0 radical (unpaired) electrons. The first-order chi connectivity index (χ1) is 8.08. The van der Waals surface area contributed by atoms with Gasteiger partial charge < -0.3 is 5.32 Å². The van der Waals surface area contributed by atoms with Crippen LogP contribution in [-0.4, -0.2) is 10.9 Å². The number of nitrogens with zero attached hydrogens (tertiary/aromatic N) is 1. The molecule has 0 aliphatic rings. The summed E-state index contributed by atoms with van der Waals surface area (Å²) in [4.78, 5) is 16.7. The average Bonchev–Trinajstić information content (AvgIpc) is 2.68. The van der Waals surface area contributed by atoms with Gasteiger partial charge in [-0.25, -0.2) is 4.98 Å². The van der Waals surface area contributed by atoms with Crippen LogP contribution in [0.15, 0.2) is 28.2 Å². The van der Waals surface area contributed by atoms with E-state index in [1.54, 1.807) is 5.51 Å². The number of halogens is 1. The zero-order valence-corrected chi connectivity index (χ0v) is 11.9. The molecule has 0 spiro atoms. The lowest BCUT2D eigenvalue weighted by atomic mass is 10.2. The maximum Gasteiger partial charge on any atom is 0.267 e. The predicted octanol–water partition coefficient (Wildman–Crippen LogP) is 3.77. The van der Waals surface area contributed by atoms with Crippen molar-refractivity contribution < 1.29 is 4.79 Å². The minimum absolute atomic E-state index is 0.101. The van der Waals surface area contributed by atoms with Gasteiger partial charge in [0.1, 0.15) is 4.88 Å². The molecule has 3 nitrogen and oxygen atoms in total. The number of hydrogen-bond donors (Lipinski definition) is 1. The standard InChI is InChI=1S/C12H11BrN2OS/c1-7-5-9(13)3-4-10(7)15-12(16)11-8(2)14-6-17-11/h3-6H,1-2H3,(H,15,16). The summed E-state index contributed by atoms with van der Waals surface area (Å²) in [6.45, 7) is 3.79. The van der Waals surface area contributed by atoms with Gasteiger partial charge in [-0.3, -0.25) is 4.79 Å². The molecule has 1 aromatic carbocycles. The Kier molecular flexibility index (Phi) is 3.59. The molecule has 0 unspecified atom stereocenters. The number of carbonyl (C=O) groups is 1. The van der Waals surface area contributed by atoms with Crippen LogP contribution in [0.4, 0.5) is 5.69 Å². The van der Waals surface area contributed by atoms with Crippen molar-refractivity contribution in [3.8, 4) is 0 Å². The van der Waals surface area contributed by atoms with Crippen molar-refractivity contribution in [2.24, 2.45) is 0 Å². The molecule has 0 aliphatic carbocycles. The Morgan fingerprint density at radius 3 is 2.76 bits per heavy atom. The van der Waals surface area contributed by atoms with Gasteiger partial charge in [0.05, 0.1) is 11.2 Å². The zero-order chi connectivity index (χ0) is 12.4. The normalized spacial score (nSPS) is 10.3. The number of carbonyl (C=O) groups excluding carboxylic acids is 1. The van der Waals surface area contributed by atoms with Crippen LogP contribution in [0.5, 0.6) is 0 Å². The van der Waals surface area contributed by atoms with Crippen molar-refractivity contribution in [3.63, 3.8) is 0 Å². The van der Waals surface area contributed by atoms with E-state index in [9.17, 15) is 4.79 Å². The lowest BCUT2D eigenvalue weighted by molar-refractivity contribution is 0.102. The molecular formula is C12H11BrN2OS. The molecule has 1 amide bonds. The van der Waals surface area contributed by atoms with Gasteiger partial charge in [0.2, 0.25) is 0 Å². The molecule has 1 aromatic heterocycles. The van der Waals surface area contributed by atoms with Crippen molar-refractivity contribution in [2.75, 3.05) is 5.32 Å². The second-order valence-corrected chi connectivity index (χ2v) is 5.45. The molecule has 0 aliphatic heterocycles. The molecule has 0 atom stereocenters. The van der Waals surface area contributed by atoms with Crippen molar-refractivity contribution >= 4 is 38.9 Å². The Balaban J connectivity index is 2.22. The summed E-state index contributed by atoms with van der Waals surface area (Å²) in [5.41, 5.74) is 4.29. The minimum atomic E-state index is -0.101. The van der Waals surface area contributed by atoms with Gasteiger partial charge in [-0.2, -0.15) is 0 Å². The van der Waals surface area contributed by atoms with Crippen LogP contribution in [0.1, 0.15) is 20.9 Å². The second-order valence-electron chi connectivity index (χ2n) is 3.68. The van der Waals surface area contributed by atoms with E-state index in [-0.39, 0.29) is 5.91 Å². The lowest BCUT2D eigenvalue weighted by Gasteiger charge is -2.07. The van der Waals surface area contributed by atoms with Crippen LogP contribution >= 0.6 is 27.3 Å². The summed E-state index contributed by atoms with van der Waals surface area (Å²) in [7, 11) is 0. The number of benzene rings is 1. The molecule has 0 fully saturated rings. The number of amides is 1. The summed E-state index contributed by atoms with van der Waals surface area (Å²) < 4.78 is 1.00. The lowest BCUT2D eigenvalue weighted by Crippen LogP contribution is -2.12. The highest BCUT2D eigenvalue weighted by atomic mass is 79.9. The topological polar surface area (TPSA) is 42.0 Å². The van der Waals surface area contributed by atoms with E-state index in [0.717, 1.165) is 21.4 Å². The maximum absolute atomic E-state index is 12.0. The first kappa shape index (κ1) is 12.3. The van der Waals surface area contributed by atoms with Crippen molar-refractivity contribution in [2.45, 2.75) is 13.8 Å². The fraction of sp³-hybridized carbons (Fsp3) is 0.167. The second kappa shape index (κ2) is 4.98. The Morgan fingerprint density at radius 1 is 1.41 bits per heavy atom. The average molecular weight is 311 g/mol. The Bertz CT molecular complexity index is 565. The Hall–Kier alpha value is -1.20. The third-order valence-electron chi connectivity index (χ3n) is 2.39. The van der Waals surface area contributed by atoms with Crippen LogP contribution < -0.4 is 5.32 Å². The molecule has 0 bridgehead atoms. The predicted molar refractivity (Wildman–Crippen MR) is 73.7 cm³/mol. The van der Waals surface area contributed by atoms with E-state index >= 15 is 0 Å². The van der Waals surface area contributed by atoms with Gasteiger partial charge in [0, 0.05) is 10.2 Å². The van der Waals surface area contributed by atoms with Gasteiger partial charge in [-0.05, 0) is 37.6 Å². The number of hydrogen-bond acceptors (Lipinski definition) is 3. The van der Waals surface area contributed by atoms with Crippen molar-refractivity contribution in [3.05, 3.63) is 44.3 Å². The Morgan fingerprint density at radius 2 is 2.18 bits per heavy atom. The third-order valence-corrected chi connectivity index (χ3v) is 3.81. The van der Waals surface area contributed by atoms with E-state index in [1.807, 2.05) is 32.0 Å². The summed E-state index contributed by atoms with van der Waals surface area (Å²) in [6, 6.07) is 5.75. The summed E-state index contributed by atoms with van der Waals surface area (Å²) in [5, 5.41) is 2.89. The molecule has 0 saturated carbocycles. The van der Waals surface area contributed by atoms with E-state index in [1.165, 1.54) is 11.3 Å². The fourth-order valence-corrected chi connectivity index (χ4v) is 2.64. The summed E-state index contributed by atoms with van der Waals surface area (Å²) in [5.74, 6) is -0.101. The van der Waals surface area contributed by atoms with Crippen LogP contribution in [0.25, 0.3) is 0 Å². The number of thiazole rings is 1. The zero-order valence-electron chi connectivity index (χ0n) is 9.45. The van der Waals surface area contributed by atoms with Gasteiger partial charge in [-0.1, -0.05) is 15.9 Å². The van der Waals surface area contributed by atoms with E-state index in [2.05, 4.69) is 26.2 Å². The highest BCUT2D eigenvalue weighted by molar-refractivity contribution is 9.10. The fourth-order valence-electron chi connectivity index (χ4n) is 1.47. The highest BCUT2D eigenvalue weighted by Gasteiger charge is 2.12. The summed E-state index contributed by atoms with van der Waals surface area (Å²) in [6.07, 6.45) is 0. The first-order valence-electron chi connectivity index (χ1n) is 5.05. The van der Waals surface area contributed by atoms with Crippen LogP contribution in [0.3, 0.4) is 0 Å². The number of aromatic nitrogens is 1. The minimum Gasteiger partial charge on any atom is -0.321 e. The maximum atomic E-state index is 12.0. The van der Waals surface area contributed by atoms with E-state index in [0.29, 0.717) is 4.88 Å². The quantitative estimate of drug-likeness (QED) is 0.917. The largest absolute Gasteiger partial charge is 0.321 e. The number of rotatable bonds is 2.